The number of anilines is 3. The van der Waals surface area contributed by atoms with Gasteiger partial charge in [0.1, 0.15) is 5.82 Å². The molecule has 0 saturated carbocycles. The molecular weight excluding hydrogens is 751 g/mol. The molecule has 11 aromatic carbocycles. The molecule has 1 aromatic heterocycles. The highest BCUT2D eigenvalue weighted by Crippen LogP contribution is 2.43. The molecule has 0 N–H and O–H groups in total. The van der Waals surface area contributed by atoms with Crippen molar-refractivity contribution in [3.05, 3.63) is 237 Å². The molecule has 1 heterocycles. The largest absolute Gasteiger partial charge is 0.311 e. The van der Waals surface area contributed by atoms with Crippen LogP contribution in [0.25, 0.3) is 93.5 Å². The summed E-state index contributed by atoms with van der Waals surface area (Å²) in [4.78, 5) is 7.99. The summed E-state index contributed by atoms with van der Waals surface area (Å²) >= 11 is 0. The van der Waals surface area contributed by atoms with Crippen LogP contribution in [-0.4, -0.2) is 9.55 Å². The second-order valence-corrected chi connectivity index (χ2v) is 15.9. The smallest absolute Gasteiger partial charge is 0.145 e. The highest BCUT2D eigenvalue weighted by molar-refractivity contribution is 6.24. The third-order valence-corrected chi connectivity index (χ3v) is 12.3. The van der Waals surface area contributed by atoms with Crippen molar-refractivity contribution in [3.8, 4) is 39.3 Å². The second kappa shape index (κ2) is 14.8. The van der Waals surface area contributed by atoms with Crippen molar-refractivity contribution in [2.24, 2.45) is 0 Å². The standard InChI is InChI=1S/C59H39N3/c1-4-19-45(20-5-1)61(46-21-6-2-7-22-46)48-34-32-40(33-35-48)42-36-43(56-39-41-18-10-11-25-49(41)50-26-12-13-29-53(50)56)38-44(37-42)59-60-57-54-30-16-14-27-51(54)52-28-15-17-31-55(52)58(57)62(59)47-23-8-3-9-24-47/h1-39H. The summed E-state index contributed by atoms with van der Waals surface area (Å²) in [5.74, 6) is 0.900. The third kappa shape index (κ3) is 5.94. The molecule has 62 heavy (non-hydrogen) atoms. The Morgan fingerprint density at radius 2 is 0.790 bits per heavy atom. The van der Waals surface area contributed by atoms with E-state index < -0.39 is 0 Å². The average molecular weight is 790 g/mol. The van der Waals surface area contributed by atoms with Crippen LogP contribution in [0.15, 0.2) is 237 Å². The number of aromatic nitrogens is 2. The minimum atomic E-state index is 0.900. The molecule has 3 nitrogen and oxygen atoms in total. The first-order valence-corrected chi connectivity index (χ1v) is 21.2. The predicted molar refractivity (Wildman–Crippen MR) is 262 cm³/mol. The molecule has 290 valence electrons. The number of benzene rings is 11. The maximum Gasteiger partial charge on any atom is 0.145 e. The molecule has 0 aliphatic heterocycles. The van der Waals surface area contributed by atoms with E-state index in [2.05, 4.69) is 246 Å². The number of para-hydroxylation sites is 3. The summed E-state index contributed by atoms with van der Waals surface area (Å²) < 4.78 is 2.38. The molecule has 0 amide bonds. The van der Waals surface area contributed by atoms with E-state index >= 15 is 0 Å². The fourth-order valence-electron chi connectivity index (χ4n) is 9.50. The van der Waals surface area contributed by atoms with Gasteiger partial charge in [-0.1, -0.05) is 164 Å². The summed E-state index contributed by atoms with van der Waals surface area (Å²) in [5.41, 5.74) is 12.1. The molecule has 0 radical (unpaired) electrons. The first kappa shape index (κ1) is 35.7. The summed E-state index contributed by atoms with van der Waals surface area (Å²) in [5, 5.41) is 9.68. The van der Waals surface area contributed by atoms with Gasteiger partial charge in [-0.2, -0.15) is 0 Å². The highest BCUT2D eigenvalue weighted by atomic mass is 15.1. The van der Waals surface area contributed by atoms with Gasteiger partial charge in [-0.05, 0) is 127 Å². The molecule has 0 unspecified atom stereocenters. The maximum atomic E-state index is 5.68. The molecule has 0 spiro atoms. The lowest BCUT2D eigenvalue weighted by Crippen LogP contribution is -2.09. The van der Waals surface area contributed by atoms with Crippen molar-refractivity contribution in [3.63, 3.8) is 0 Å². The lowest BCUT2D eigenvalue weighted by atomic mass is 9.90. The van der Waals surface area contributed by atoms with Gasteiger partial charge in [0.25, 0.3) is 0 Å². The quantitative estimate of drug-likeness (QED) is 0.150. The van der Waals surface area contributed by atoms with Crippen molar-refractivity contribution in [1.82, 2.24) is 9.55 Å². The van der Waals surface area contributed by atoms with E-state index in [4.69, 9.17) is 4.98 Å². The van der Waals surface area contributed by atoms with Gasteiger partial charge in [0.05, 0.1) is 11.0 Å². The van der Waals surface area contributed by atoms with Crippen LogP contribution in [0.2, 0.25) is 0 Å². The zero-order valence-electron chi connectivity index (χ0n) is 33.9. The van der Waals surface area contributed by atoms with Crippen LogP contribution < -0.4 is 4.90 Å². The Balaban J connectivity index is 1.13. The van der Waals surface area contributed by atoms with Gasteiger partial charge in [0.15, 0.2) is 0 Å². The molecule has 0 aliphatic carbocycles. The highest BCUT2D eigenvalue weighted by Gasteiger charge is 2.22. The van der Waals surface area contributed by atoms with Crippen LogP contribution >= 0.6 is 0 Å². The van der Waals surface area contributed by atoms with Crippen molar-refractivity contribution >= 4 is 71.2 Å². The zero-order chi connectivity index (χ0) is 41.0. The molecule has 0 saturated heterocycles. The molecule has 0 aliphatic rings. The first-order valence-electron chi connectivity index (χ1n) is 21.2. The zero-order valence-corrected chi connectivity index (χ0v) is 33.9. The Bertz CT molecular complexity index is 3570. The van der Waals surface area contributed by atoms with Gasteiger partial charge in [0, 0.05) is 39.1 Å². The lowest BCUT2D eigenvalue weighted by Gasteiger charge is -2.25. The van der Waals surface area contributed by atoms with E-state index in [1.165, 1.54) is 43.3 Å². The Morgan fingerprint density at radius 1 is 0.323 bits per heavy atom. The minimum Gasteiger partial charge on any atom is -0.311 e. The molecule has 12 aromatic rings. The van der Waals surface area contributed by atoms with E-state index in [1.807, 2.05) is 0 Å². The maximum absolute atomic E-state index is 5.68. The van der Waals surface area contributed by atoms with Gasteiger partial charge >= 0.3 is 0 Å². The Labute approximate surface area is 360 Å². The summed E-state index contributed by atoms with van der Waals surface area (Å²) in [6.07, 6.45) is 0. The van der Waals surface area contributed by atoms with Crippen LogP contribution in [0.1, 0.15) is 0 Å². The molecular formula is C59H39N3. The van der Waals surface area contributed by atoms with E-state index in [0.717, 1.165) is 67.2 Å². The SMILES string of the molecule is c1ccc(N(c2ccccc2)c2ccc(-c3cc(-c4cc5ccccc5c5ccccc45)cc(-c4nc5c6ccccc6c6ccccc6c5n4-c4ccccc4)c3)cc2)cc1. The molecule has 12 rings (SSSR count). The Kier molecular flexibility index (Phi) is 8.50. The average Bonchev–Trinajstić information content (AvgIpc) is 3.77. The Hall–Kier alpha value is -8.27. The molecule has 0 atom stereocenters. The second-order valence-electron chi connectivity index (χ2n) is 15.9. The van der Waals surface area contributed by atoms with Gasteiger partial charge in [-0.3, -0.25) is 4.57 Å². The van der Waals surface area contributed by atoms with Gasteiger partial charge in [-0.25, -0.2) is 4.98 Å². The lowest BCUT2D eigenvalue weighted by molar-refractivity contribution is 1.11. The van der Waals surface area contributed by atoms with Crippen molar-refractivity contribution in [2.75, 3.05) is 4.90 Å². The molecule has 3 heteroatoms. The summed E-state index contributed by atoms with van der Waals surface area (Å²) in [6.45, 7) is 0. The van der Waals surface area contributed by atoms with E-state index in [1.54, 1.807) is 0 Å². The summed E-state index contributed by atoms with van der Waals surface area (Å²) in [7, 11) is 0. The Morgan fingerprint density at radius 3 is 1.45 bits per heavy atom. The number of imidazole rings is 1. The van der Waals surface area contributed by atoms with E-state index in [9.17, 15) is 0 Å². The number of hydrogen-bond donors (Lipinski definition) is 0. The fraction of sp³-hybridized carbons (Fsp3) is 0. The predicted octanol–water partition coefficient (Wildman–Crippen LogP) is 16.1. The van der Waals surface area contributed by atoms with Crippen LogP contribution in [0.4, 0.5) is 17.1 Å². The number of nitrogens with zero attached hydrogens (tertiary/aromatic N) is 3. The number of rotatable bonds is 7. The van der Waals surface area contributed by atoms with Crippen molar-refractivity contribution in [1.29, 1.82) is 0 Å². The number of hydrogen-bond acceptors (Lipinski definition) is 2. The molecule has 0 fully saturated rings. The minimum absolute atomic E-state index is 0.900. The van der Waals surface area contributed by atoms with E-state index in [-0.39, 0.29) is 0 Å². The van der Waals surface area contributed by atoms with Crippen LogP contribution in [0.5, 0.6) is 0 Å². The van der Waals surface area contributed by atoms with E-state index in [0.29, 0.717) is 0 Å². The first-order chi connectivity index (χ1) is 30.8. The van der Waals surface area contributed by atoms with Gasteiger partial charge < -0.3 is 4.90 Å². The van der Waals surface area contributed by atoms with Crippen molar-refractivity contribution < 1.29 is 0 Å². The third-order valence-electron chi connectivity index (χ3n) is 12.3. The van der Waals surface area contributed by atoms with Gasteiger partial charge in [-0.15, -0.1) is 0 Å². The van der Waals surface area contributed by atoms with Crippen molar-refractivity contribution in [2.45, 2.75) is 0 Å². The van der Waals surface area contributed by atoms with Gasteiger partial charge in [0.2, 0.25) is 0 Å². The fourth-order valence-corrected chi connectivity index (χ4v) is 9.50. The monoisotopic (exact) mass is 789 g/mol. The normalized spacial score (nSPS) is 11.5. The summed E-state index contributed by atoms with van der Waals surface area (Å²) in [6, 6.07) is 85.3. The number of fused-ring (bicyclic) bond motifs is 9. The molecule has 0 bridgehead atoms. The van der Waals surface area contributed by atoms with Crippen LogP contribution in [0, 0.1) is 0 Å². The van der Waals surface area contributed by atoms with Crippen LogP contribution in [-0.2, 0) is 0 Å². The van der Waals surface area contributed by atoms with Crippen LogP contribution in [0.3, 0.4) is 0 Å². The topological polar surface area (TPSA) is 21.1 Å².